The molecule has 9 heteroatoms. The number of hydrogen-bond acceptors (Lipinski definition) is 7. The smallest absolute Gasteiger partial charge is 0.380 e. The van der Waals surface area contributed by atoms with Crippen molar-refractivity contribution in [3.8, 4) is 11.4 Å². The third-order valence-corrected chi connectivity index (χ3v) is 6.05. The maximum absolute atomic E-state index is 13.6. The van der Waals surface area contributed by atoms with E-state index < -0.39 is 17.5 Å². The summed E-state index contributed by atoms with van der Waals surface area (Å²) >= 11 is 0. The number of ether oxygens (including phenoxy) is 2. The summed E-state index contributed by atoms with van der Waals surface area (Å²) in [5.41, 5.74) is 2.15. The highest BCUT2D eigenvalue weighted by Crippen LogP contribution is 2.40. The predicted molar refractivity (Wildman–Crippen MR) is 132 cm³/mol. The molecule has 3 heterocycles. The molecule has 3 aromatic rings. The molecule has 0 N–H and O–H groups in total. The molecule has 0 amide bonds. The van der Waals surface area contributed by atoms with Crippen molar-refractivity contribution in [2.75, 3.05) is 20.3 Å². The number of benzene rings is 2. The number of imidazole rings is 1. The number of carbonyl (C=O) groups excluding carboxylic acids is 1. The second-order valence-corrected chi connectivity index (χ2v) is 8.34. The van der Waals surface area contributed by atoms with E-state index >= 15 is 0 Å². The third kappa shape index (κ3) is 3.92. The maximum atomic E-state index is 13.6. The van der Waals surface area contributed by atoms with Gasteiger partial charge in [0.2, 0.25) is 0 Å². The van der Waals surface area contributed by atoms with Crippen LogP contribution in [0.2, 0.25) is 0 Å². The number of halogens is 1. The number of amidine groups is 1. The quantitative estimate of drug-likeness (QED) is 0.481. The summed E-state index contributed by atoms with van der Waals surface area (Å²) in [5.74, 6) is 0.115. The van der Waals surface area contributed by atoms with Gasteiger partial charge in [-0.3, -0.25) is 4.90 Å². The summed E-state index contributed by atoms with van der Waals surface area (Å²) < 4.78 is 26.5. The van der Waals surface area contributed by atoms with Crippen molar-refractivity contribution in [3.63, 3.8) is 0 Å². The van der Waals surface area contributed by atoms with Crippen LogP contribution < -0.4 is 4.74 Å². The van der Waals surface area contributed by atoms with Crippen molar-refractivity contribution in [1.82, 2.24) is 14.5 Å². The number of carbonyl (C=O) groups is 1. The molecule has 0 aliphatic carbocycles. The van der Waals surface area contributed by atoms with Crippen molar-refractivity contribution >= 4 is 17.9 Å². The third-order valence-electron chi connectivity index (χ3n) is 6.05. The zero-order valence-corrected chi connectivity index (χ0v) is 20.1. The number of aromatic nitrogens is 2. The Balaban J connectivity index is 1.52. The zero-order valence-electron chi connectivity index (χ0n) is 20.1. The molecule has 2 aliphatic heterocycles. The first-order valence-electron chi connectivity index (χ1n) is 11.5. The van der Waals surface area contributed by atoms with Gasteiger partial charge in [-0.15, -0.1) is 0 Å². The van der Waals surface area contributed by atoms with Crippen LogP contribution in [0.3, 0.4) is 0 Å². The van der Waals surface area contributed by atoms with Gasteiger partial charge < -0.3 is 18.9 Å². The molecule has 0 spiro atoms. The number of nitrogens with zero attached hydrogens (tertiary/aromatic N) is 4. The van der Waals surface area contributed by atoms with Gasteiger partial charge in [0.15, 0.2) is 5.84 Å². The minimum absolute atomic E-state index is 0.162. The summed E-state index contributed by atoms with van der Waals surface area (Å²) in [6.45, 7) is 4.16. The Hall–Kier alpha value is -4.40. The Morgan fingerprint density at radius 2 is 2.06 bits per heavy atom. The number of rotatable bonds is 6. The van der Waals surface area contributed by atoms with Crippen LogP contribution in [0.5, 0.6) is 5.75 Å². The van der Waals surface area contributed by atoms with Crippen molar-refractivity contribution in [2.45, 2.75) is 19.6 Å². The van der Waals surface area contributed by atoms with Gasteiger partial charge in [-0.1, -0.05) is 23.4 Å². The summed E-state index contributed by atoms with van der Waals surface area (Å²) in [5, 5.41) is 4.29. The summed E-state index contributed by atoms with van der Waals surface area (Å²) in [6, 6.07) is 11.4. The van der Waals surface area contributed by atoms with E-state index in [0.717, 1.165) is 22.5 Å². The molecule has 0 bridgehead atoms. The zero-order chi connectivity index (χ0) is 25.3. The van der Waals surface area contributed by atoms with E-state index in [9.17, 15) is 9.18 Å². The predicted octanol–water partition coefficient (Wildman–Crippen LogP) is 4.34. The summed E-state index contributed by atoms with van der Waals surface area (Å²) in [7, 11) is 1.62. The summed E-state index contributed by atoms with van der Waals surface area (Å²) in [4.78, 5) is 25.0. The van der Waals surface area contributed by atoms with Crippen LogP contribution in [0.25, 0.3) is 11.8 Å². The molecule has 1 atom stereocenters. The Bertz CT molecular complexity index is 1390. The van der Waals surface area contributed by atoms with Crippen molar-refractivity contribution in [2.24, 2.45) is 5.16 Å². The molecule has 36 heavy (non-hydrogen) atoms. The molecular formula is C27H25FN4O4. The van der Waals surface area contributed by atoms with E-state index in [1.807, 2.05) is 54.1 Å². The van der Waals surface area contributed by atoms with Crippen molar-refractivity contribution in [1.29, 1.82) is 0 Å². The lowest BCUT2D eigenvalue weighted by Crippen LogP contribution is -2.53. The van der Waals surface area contributed by atoms with E-state index in [-0.39, 0.29) is 6.61 Å². The highest BCUT2D eigenvalue weighted by atomic mass is 19.1. The first-order chi connectivity index (χ1) is 17.5. The van der Waals surface area contributed by atoms with E-state index in [4.69, 9.17) is 14.3 Å². The number of oxime groups is 1. The topological polar surface area (TPSA) is 78.2 Å². The molecule has 2 aromatic carbocycles. The SMILES string of the molecule is CCOC(=O)[C@@]1(c2ccc(F)cc2)ON=C2/C(=C/c3ccc(-n4cnc(C)c4)c(OC)c3)C=CCN21. The number of methoxy groups -OCH3 is 1. The molecule has 0 saturated carbocycles. The van der Waals surface area contributed by atoms with Crippen molar-refractivity contribution < 1.29 is 23.5 Å². The first-order valence-corrected chi connectivity index (χ1v) is 11.5. The highest BCUT2D eigenvalue weighted by Gasteiger charge is 2.56. The number of fused-ring (bicyclic) bond motifs is 1. The van der Waals surface area contributed by atoms with Crippen LogP contribution in [0.1, 0.15) is 23.7 Å². The average molecular weight is 489 g/mol. The van der Waals surface area contributed by atoms with Crippen LogP contribution in [-0.4, -0.2) is 46.5 Å². The van der Waals surface area contributed by atoms with Crippen LogP contribution in [0.15, 0.2) is 77.9 Å². The first kappa shape index (κ1) is 23.3. The molecule has 2 aliphatic rings. The highest BCUT2D eigenvalue weighted by molar-refractivity contribution is 6.08. The Morgan fingerprint density at radius 1 is 1.25 bits per heavy atom. The standard InChI is InChI=1S/C27H25FN4O4/c1-4-35-26(33)27(21-8-10-22(28)11-9-21)32-13-5-6-20(25(32)30-36-27)14-19-7-12-23(24(15-19)34-3)31-16-18(2)29-17-31/h5-12,14-17H,4,13H2,1-3H3/b20-14+/t27-/m1/s1. The van der Waals surface area contributed by atoms with Crippen LogP contribution in [0, 0.1) is 12.7 Å². The fourth-order valence-electron chi connectivity index (χ4n) is 4.36. The monoisotopic (exact) mass is 488 g/mol. The van der Waals surface area contributed by atoms with E-state index in [2.05, 4.69) is 10.1 Å². The van der Waals surface area contributed by atoms with Gasteiger partial charge in [0.05, 0.1) is 31.4 Å². The van der Waals surface area contributed by atoms with Gasteiger partial charge in [-0.05, 0) is 61.9 Å². The van der Waals surface area contributed by atoms with Gasteiger partial charge in [-0.25, -0.2) is 14.2 Å². The Labute approximate surface area is 207 Å². The number of hydrogen-bond donors (Lipinski definition) is 0. The lowest BCUT2D eigenvalue weighted by Gasteiger charge is -2.36. The maximum Gasteiger partial charge on any atom is 0.380 e. The normalized spacial score (nSPS) is 19.6. The molecule has 1 aromatic heterocycles. The van der Waals surface area contributed by atoms with Gasteiger partial charge in [0, 0.05) is 23.9 Å². The number of aryl methyl sites for hydroxylation is 1. The fourth-order valence-corrected chi connectivity index (χ4v) is 4.36. The lowest BCUT2D eigenvalue weighted by molar-refractivity contribution is -0.188. The molecule has 184 valence electrons. The largest absolute Gasteiger partial charge is 0.495 e. The summed E-state index contributed by atoms with van der Waals surface area (Å²) in [6.07, 6.45) is 9.43. The minimum atomic E-state index is -1.65. The fraction of sp³-hybridized carbons (Fsp3) is 0.222. The van der Waals surface area contributed by atoms with E-state index in [1.54, 1.807) is 25.3 Å². The molecular weight excluding hydrogens is 463 g/mol. The minimum Gasteiger partial charge on any atom is -0.495 e. The van der Waals surface area contributed by atoms with Crippen LogP contribution >= 0.6 is 0 Å². The molecule has 0 fully saturated rings. The molecule has 5 rings (SSSR count). The second-order valence-electron chi connectivity index (χ2n) is 8.34. The van der Waals surface area contributed by atoms with Gasteiger partial charge in [0.25, 0.3) is 0 Å². The second kappa shape index (κ2) is 9.33. The molecule has 0 unspecified atom stereocenters. The molecule has 8 nitrogen and oxygen atoms in total. The molecule has 0 radical (unpaired) electrons. The van der Waals surface area contributed by atoms with Gasteiger partial charge >= 0.3 is 11.7 Å². The van der Waals surface area contributed by atoms with E-state index in [0.29, 0.717) is 23.7 Å². The van der Waals surface area contributed by atoms with Crippen LogP contribution in [-0.2, 0) is 20.1 Å². The Morgan fingerprint density at radius 3 is 2.75 bits per heavy atom. The van der Waals surface area contributed by atoms with Crippen molar-refractivity contribution in [3.05, 3.63) is 95.4 Å². The molecule has 0 saturated heterocycles. The van der Waals surface area contributed by atoms with Gasteiger partial charge in [0.1, 0.15) is 11.6 Å². The lowest BCUT2D eigenvalue weighted by atomic mass is 9.97. The number of esters is 1. The van der Waals surface area contributed by atoms with Gasteiger partial charge in [-0.2, -0.15) is 0 Å². The van der Waals surface area contributed by atoms with E-state index in [1.165, 1.54) is 24.3 Å². The average Bonchev–Trinajstić information content (AvgIpc) is 3.50. The van der Waals surface area contributed by atoms with Crippen LogP contribution in [0.4, 0.5) is 4.39 Å². The Kier molecular flexibility index (Phi) is 6.05.